The first-order chi connectivity index (χ1) is 9.63. The molecule has 2 rings (SSSR count). The number of nitrogens with zero attached hydrogens (tertiary/aromatic N) is 2. The molecule has 20 heavy (non-hydrogen) atoms. The van der Waals surface area contributed by atoms with E-state index in [0.29, 0.717) is 10.4 Å². The van der Waals surface area contributed by atoms with Gasteiger partial charge in [0.05, 0.1) is 15.5 Å². The molecule has 1 heterocycles. The SMILES string of the molecule is CSCCCCCCn1c(N)nc2cc(Br)c(F)cc21. The number of aromatic nitrogens is 2. The molecule has 110 valence electrons. The van der Waals surface area contributed by atoms with Gasteiger partial charge in [-0.3, -0.25) is 0 Å². The Hall–Kier alpha value is -0.750. The molecule has 0 bridgehead atoms. The quantitative estimate of drug-likeness (QED) is 0.743. The number of imidazole rings is 1. The summed E-state index contributed by atoms with van der Waals surface area (Å²) in [5.74, 6) is 1.40. The summed E-state index contributed by atoms with van der Waals surface area (Å²) in [6.07, 6.45) is 6.82. The van der Waals surface area contributed by atoms with Crippen LogP contribution in [0.25, 0.3) is 11.0 Å². The van der Waals surface area contributed by atoms with E-state index in [1.807, 2.05) is 16.3 Å². The molecule has 0 amide bonds. The van der Waals surface area contributed by atoms with Gasteiger partial charge < -0.3 is 10.3 Å². The summed E-state index contributed by atoms with van der Waals surface area (Å²) in [6.45, 7) is 0.794. The van der Waals surface area contributed by atoms with Crippen molar-refractivity contribution in [3.8, 4) is 0 Å². The van der Waals surface area contributed by atoms with Crippen molar-refractivity contribution in [2.45, 2.75) is 32.2 Å². The highest BCUT2D eigenvalue weighted by molar-refractivity contribution is 9.10. The third kappa shape index (κ3) is 3.67. The number of thioether (sulfide) groups is 1. The smallest absolute Gasteiger partial charge is 0.201 e. The molecule has 0 saturated heterocycles. The van der Waals surface area contributed by atoms with Gasteiger partial charge in [-0.25, -0.2) is 9.37 Å². The van der Waals surface area contributed by atoms with Crippen LogP contribution in [0.1, 0.15) is 25.7 Å². The summed E-state index contributed by atoms with van der Waals surface area (Å²) >= 11 is 5.05. The molecular weight excluding hydrogens is 341 g/mol. The van der Waals surface area contributed by atoms with Gasteiger partial charge in [-0.05, 0) is 46.8 Å². The number of hydrogen-bond acceptors (Lipinski definition) is 3. The van der Waals surface area contributed by atoms with Crippen LogP contribution in [0.15, 0.2) is 16.6 Å². The van der Waals surface area contributed by atoms with Gasteiger partial charge in [0, 0.05) is 12.6 Å². The van der Waals surface area contributed by atoms with Crippen molar-refractivity contribution in [3.63, 3.8) is 0 Å². The number of halogens is 2. The minimum absolute atomic E-state index is 0.279. The van der Waals surface area contributed by atoms with Crippen molar-refractivity contribution in [2.24, 2.45) is 0 Å². The average molecular weight is 360 g/mol. The fourth-order valence-corrected chi connectivity index (χ4v) is 3.07. The van der Waals surface area contributed by atoms with Gasteiger partial charge in [0.2, 0.25) is 5.95 Å². The second-order valence-electron chi connectivity index (χ2n) is 4.78. The molecule has 6 heteroatoms. The minimum atomic E-state index is -0.279. The standard InChI is InChI=1S/C14H19BrFN3S/c1-20-7-5-3-2-4-6-19-13-9-11(16)10(15)8-12(13)18-14(19)17/h8-9H,2-7H2,1H3,(H2,17,18). The van der Waals surface area contributed by atoms with Crippen molar-refractivity contribution >= 4 is 44.7 Å². The van der Waals surface area contributed by atoms with Crippen LogP contribution in [0.4, 0.5) is 10.3 Å². The van der Waals surface area contributed by atoms with Crippen LogP contribution < -0.4 is 5.73 Å². The second-order valence-corrected chi connectivity index (χ2v) is 6.62. The third-order valence-corrected chi connectivity index (χ3v) is 4.60. The zero-order valence-electron chi connectivity index (χ0n) is 11.5. The lowest BCUT2D eigenvalue weighted by atomic mass is 10.2. The van der Waals surface area contributed by atoms with Gasteiger partial charge in [-0.15, -0.1) is 0 Å². The number of rotatable bonds is 7. The van der Waals surface area contributed by atoms with E-state index in [2.05, 4.69) is 27.2 Å². The first-order valence-corrected chi connectivity index (χ1v) is 8.92. The maximum absolute atomic E-state index is 13.6. The fourth-order valence-electron chi connectivity index (χ4n) is 2.24. The van der Waals surface area contributed by atoms with Crippen molar-refractivity contribution in [1.82, 2.24) is 9.55 Å². The molecule has 1 aromatic heterocycles. The highest BCUT2D eigenvalue weighted by Crippen LogP contribution is 2.25. The monoisotopic (exact) mass is 359 g/mol. The van der Waals surface area contributed by atoms with E-state index in [0.717, 1.165) is 24.0 Å². The van der Waals surface area contributed by atoms with Crippen molar-refractivity contribution in [2.75, 3.05) is 17.7 Å². The van der Waals surface area contributed by atoms with Crippen LogP contribution in [0.2, 0.25) is 0 Å². The first kappa shape index (κ1) is 15.6. The number of nitrogens with two attached hydrogens (primary N) is 1. The van der Waals surface area contributed by atoms with Crippen molar-refractivity contribution in [1.29, 1.82) is 0 Å². The minimum Gasteiger partial charge on any atom is -0.369 e. The summed E-state index contributed by atoms with van der Waals surface area (Å²) in [5.41, 5.74) is 7.43. The Bertz CT molecular complexity index is 585. The highest BCUT2D eigenvalue weighted by atomic mass is 79.9. The van der Waals surface area contributed by atoms with Crippen LogP contribution in [-0.4, -0.2) is 21.6 Å². The lowest BCUT2D eigenvalue weighted by Crippen LogP contribution is -2.03. The zero-order chi connectivity index (χ0) is 14.5. The van der Waals surface area contributed by atoms with Gasteiger partial charge in [-0.1, -0.05) is 12.8 Å². The van der Waals surface area contributed by atoms with Gasteiger partial charge >= 0.3 is 0 Å². The number of nitrogen functional groups attached to an aromatic ring is 1. The van der Waals surface area contributed by atoms with E-state index in [4.69, 9.17) is 5.73 Å². The van der Waals surface area contributed by atoms with Crippen LogP contribution in [0.3, 0.4) is 0 Å². The summed E-state index contributed by atoms with van der Waals surface area (Å²) in [7, 11) is 0. The van der Waals surface area contributed by atoms with E-state index >= 15 is 0 Å². The first-order valence-electron chi connectivity index (χ1n) is 6.73. The van der Waals surface area contributed by atoms with Crippen LogP contribution in [0.5, 0.6) is 0 Å². The number of unbranched alkanes of at least 4 members (excludes halogenated alkanes) is 3. The Labute approximate surface area is 131 Å². The maximum Gasteiger partial charge on any atom is 0.201 e. The van der Waals surface area contributed by atoms with E-state index < -0.39 is 0 Å². The molecule has 2 aromatic rings. The molecule has 1 aromatic carbocycles. The Morgan fingerprint density at radius 3 is 2.80 bits per heavy atom. The molecule has 0 aliphatic rings. The maximum atomic E-state index is 13.6. The van der Waals surface area contributed by atoms with Crippen molar-refractivity contribution in [3.05, 3.63) is 22.4 Å². The normalized spacial score (nSPS) is 11.3. The molecule has 3 nitrogen and oxygen atoms in total. The second kappa shape index (κ2) is 7.31. The molecule has 0 unspecified atom stereocenters. The van der Waals surface area contributed by atoms with E-state index in [9.17, 15) is 4.39 Å². The largest absolute Gasteiger partial charge is 0.369 e. The molecular formula is C14H19BrFN3S. The molecule has 0 aliphatic heterocycles. The van der Waals surface area contributed by atoms with Crippen molar-refractivity contribution < 1.29 is 4.39 Å². The number of anilines is 1. The van der Waals surface area contributed by atoms with Gasteiger partial charge in [-0.2, -0.15) is 11.8 Å². The number of benzene rings is 1. The third-order valence-electron chi connectivity index (χ3n) is 3.30. The number of aryl methyl sites for hydroxylation is 1. The summed E-state index contributed by atoms with van der Waals surface area (Å²) in [4.78, 5) is 4.28. The van der Waals surface area contributed by atoms with Crippen LogP contribution in [0, 0.1) is 5.82 Å². The molecule has 0 atom stereocenters. The summed E-state index contributed by atoms with van der Waals surface area (Å²) in [6, 6.07) is 3.17. The Balaban J connectivity index is 2.02. The Kier molecular flexibility index (Phi) is 5.72. The highest BCUT2D eigenvalue weighted by Gasteiger charge is 2.11. The van der Waals surface area contributed by atoms with Crippen LogP contribution >= 0.6 is 27.7 Å². The van der Waals surface area contributed by atoms with Gasteiger partial charge in [0.25, 0.3) is 0 Å². The lowest BCUT2D eigenvalue weighted by Gasteiger charge is -2.06. The molecule has 0 fully saturated rings. The Morgan fingerprint density at radius 1 is 1.30 bits per heavy atom. The zero-order valence-corrected chi connectivity index (χ0v) is 13.9. The summed E-state index contributed by atoms with van der Waals surface area (Å²) in [5, 5.41) is 0. The lowest BCUT2D eigenvalue weighted by molar-refractivity contribution is 0.594. The fraction of sp³-hybridized carbons (Fsp3) is 0.500. The average Bonchev–Trinajstić information content (AvgIpc) is 2.70. The predicted molar refractivity (Wildman–Crippen MR) is 88.7 cm³/mol. The topological polar surface area (TPSA) is 43.8 Å². The molecule has 2 N–H and O–H groups in total. The number of fused-ring (bicyclic) bond motifs is 1. The molecule has 0 aliphatic carbocycles. The van der Waals surface area contributed by atoms with E-state index in [1.165, 1.54) is 31.1 Å². The van der Waals surface area contributed by atoms with Gasteiger partial charge in [0.15, 0.2) is 0 Å². The number of hydrogen-bond donors (Lipinski definition) is 1. The molecule has 0 spiro atoms. The molecule has 0 saturated carbocycles. The molecule has 0 radical (unpaired) electrons. The Morgan fingerprint density at radius 2 is 2.05 bits per heavy atom. The van der Waals surface area contributed by atoms with Crippen LogP contribution in [-0.2, 0) is 6.54 Å². The van der Waals surface area contributed by atoms with E-state index in [-0.39, 0.29) is 5.82 Å². The predicted octanol–water partition coefficient (Wildman–Crippen LogP) is 4.44. The van der Waals surface area contributed by atoms with Gasteiger partial charge in [0.1, 0.15) is 5.82 Å². The summed E-state index contributed by atoms with van der Waals surface area (Å²) < 4.78 is 16.0. The van der Waals surface area contributed by atoms with E-state index in [1.54, 1.807) is 6.07 Å².